The van der Waals surface area contributed by atoms with Crippen LogP contribution in [0.2, 0.25) is 0 Å². The number of benzene rings is 1. The smallest absolute Gasteiger partial charge is 0.292 e. The lowest BCUT2D eigenvalue weighted by molar-refractivity contribution is -0.123. The standard InChI is InChI=1S/C23H23N5O3/c1-4-15-13-25-20(26-19(15)16-9-6-5-7-10-16)23(30)27(2)17-14-31-18-11-8-12-24-21(18)28(3)22(17)29/h5-13,17H,4,14H2,1-3H3/t17-/m0/s1. The van der Waals surface area contributed by atoms with Crippen molar-refractivity contribution in [2.75, 3.05) is 25.6 Å². The number of hydrogen-bond donors (Lipinski definition) is 0. The lowest BCUT2D eigenvalue weighted by Crippen LogP contribution is -2.50. The molecule has 0 aliphatic carbocycles. The number of carbonyl (C=O) groups excluding carboxylic acids is 2. The molecule has 0 saturated heterocycles. The van der Waals surface area contributed by atoms with Crippen LogP contribution in [0.4, 0.5) is 5.82 Å². The first-order chi connectivity index (χ1) is 15.0. The molecule has 8 heteroatoms. The maximum atomic E-state index is 13.2. The monoisotopic (exact) mass is 417 g/mol. The van der Waals surface area contributed by atoms with Crippen molar-refractivity contribution in [1.82, 2.24) is 19.9 Å². The number of rotatable bonds is 4. The highest BCUT2D eigenvalue weighted by atomic mass is 16.5. The molecule has 0 unspecified atom stereocenters. The zero-order valence-corrected chi connectivity index (χ0v) is 17.6. The van der Waals surface area contributed by atoms with Gasteiger partial charge in [-0.05, 0) is 24.1 Å². The number of aromatic nitrogens is 3. The quantitative estimate of drug-likeness (QED) is 0.648. The van der Waals surface area contributed by atoms with Gasteiger partial charge in [-0.3, -0.25) is 14.5 Å². The third-order valence-corrected chi connectivity index (χ3v) is 5.35. The van der Waals surface area contributed by atoms with Crippen LogP contribution in [0.25, 0.3) is 11.3 Å². The van der Waals surface area contributed by atoms with E-state index in [1.54, 1.807) is 38.6 Å². The van der Waals surface area contributed by atoms with Gasteiger partial charge in [-0.15, -0.1) is 0 Å². The van der Waals surface area contributed by atoms with E-state index in [-0.39, 0.29) is 18.3 Å². The molecule has 1 atom stereocenters. The molecule has 1 aliphatic heterocycles. The molecule has 158 valence electrons. The van der Waals surface area contributed by atoms with Crippen LogP contribution in [0.1, 0.15) is 23.1 Å². The number of anilines is 1. The molecule has 4 rings (SSSR count). The number of ether oxygens (including phenoxy) is 1. The van der Waals surface area contributed by atoms with Gasteiger partial charge in [0.2, 0.25) is 5.82 Å². The summed E-state index contributed by atoms with van der Waals surface area (Å²) in [6.45, 7) is 2.03. The molecular formula is C23H23N5O3. The third-order valence-electron chi connectivity index (χ3n) is 5.35. The first-order valence-electron chi connectivity index (χ1n) is 10.0. The number of likely N-dealkylation sites (N-methyl/N-ethyl adjacent to an activating group) is 2. The third kappa shape index (κ3) is 3.84. The van der Waals surface area contributed by atoms with Crippen LogP contribution < -0.4 is 9.64 Å². The molecule has 3 heterocycles. The van der Waals surface area contributed by atoms with E-state index in [0.29, 0.717) is 17.3 Å². The molecule has 0 bridgehead atoms. The summed E-state index contributed by atoms with van der Waals surface area (Å²) in [5.41, 5.74) is 2.57. The SMILES string of the molecule is CCc1cnc(C(=O)N(C)[C@H]2COc3cccnc3N(C)C2=O)nc1-c1ccccc1. The Bertz CT molecular complexity index is 1120. The molecule has 0 radical (unpaired) electrons. The molecule has 0 spiro atoms. The van der Waals surface area contributed by atoms with Crippen LogP contribution in [0, 0.1) is 0 Å². The number of nitrogens with zero attached hydrogens (tertiary/aromatic N) is 5. The number of carbonyl (C=O) groups is 2. The van der Waals surface area contributed by atoms with Crippen LogP contribution in [-0.2, 0) is 11.2 Å². The van der Waals surface area contributed by atoms with Gasteiger partial charge in [0.25, 0.3) is 11.8 Å². The average molecular weight is 417 g/mol. The minimum Gasteiger partial charge on any atom is -0.487 e. The fourth-order valence-corrected chi connectivity index (χ4v) is 3.51. The number of amides is 2. The van der Waals surface area contributed by atoms with E-state index in [2.05, 4.69) is 15.0 Å². The van der Waals surface area contributed by atoms with E-state index >= 15 is 0 Å². The second-order valence-electron chi connectivity index (χ2n) is 7.25. The summed E-state index contributed by atoms with van der Waals surface area (Å²) in [7, 11) is 3.18. The van der Waals surface area contributed by atoms with Gasteiger partial charge in [-0.1, -0.05) is 37.3 Å². The highest BCUT2D eigenvalue weighted by Gasteiger charge is 2.36. The molecule has 1 aliphatic rings. The highest BCUT2D eigenvalue weighted by molar-refractivity contribution is 6.01. The lowest BCUT2D eigenvalue weighted by atomic mass is 10.1. The summed E-state index contributed by atoms with van der Waals surface area (Å²) in [6.07, 6.45) is 4.00. The van der Waals surface area contributed by atoms with Crippen molar-refractivity contribution < 1.29 is 14.3 Å². The van der Waals surface area contributed by atoms with Gasteiger partial charge in [0.15, 0.2) is 11.6 Å². The van der Waals surface area contributed by atoms with Crippen LogP contribution in [0.15, 0.2) is 54.9 Å². The van der Waals surface area contributed by atoms with Gasteiger partial charge in [0, 0.05) is 32.1 Å². The van der Waals surface area contributed by atoms with Crippen molar-refractivity contribution in [2.24, 2.45) is 0 Å². The minimum atomic E-state index is -0.832. The second kappa shape index (κ2) is 8.51. The molecule has 0 N–H and O–H groups in total. The van der Waals surface area contributed by atoms with Crippen molar-refractivity contribution in [3.05, 3.63) is 66.2 Å². The van der Waals surface area contributed by atoms with Crippen molar-refractivity contribution >= 4 is 17.6 Å². The van der Waals surface area contributed by atoms with E-state index < -0.39 is 11.9 Å². The van der Waals surface area contributed by atoms with Gasteiger partial charge in [-0.25, -0.2) is 15.0 Å². The fourth-order valence-electron chi connectivity index (χ4n) is 3.51. The first kappa shape index (κ1) is 20.5. The number of hydrogen-bond acceptors (Lipinski definition) is 6. The predicted molar refractivity (Wildman–Crippen MR) is 116 cm³/mol. The Morgan fingerprint density at radius 1 is 1.19 bits per heavy atom. The molecule has 0 fully saturated rings. The van der Waals surface area contributed by atoms with Crippen molar-refractivity contribution in [3.8, 4) is 17.0 Å². The summed E-state index contributed by atoms with van der Waals surface area (Å²) in [4.78, 5) is 42.1. The van der Waals surface area contributed by atoms with Gasteiger partial charge < -0.3 is 9.64 Å². The van der Waals surface area contributed by atoms with Crippen molar-refractivity contribution in [2.45, 2.75) is 19.4 Å². The summed E-state index contributed by atoms with van der Waals surface area (Å²) in [5.74, 6) is 0.215. The maximum absolute atomic E-state index is 13.2. The largest absolute Gasteiger partial charge is 0.487 e. The zero-order valence-electron chi connectivity index (χ0n) is 17.6. The van der Waals surface area contributed by atoms with Gasteiger partial charge in [0.05, 0.1) is 5.69 Å². The van der Waals surface area contributed by atoms with E-state index in [1.165, 1.54) is 9.80 Å². The van der Waals surface area contributed by atoms with Crippen molar-refractivity contribution in [1.29, 1.82) is 0 Å². The molecule has 0 saturated carbocycles. The lowest BCUT2D eigenvalue weighted by Gasteiger charge is -2.27. The number of fused-ring (bicyclic) bond motifs is 1. The molecule has 1 aromatic carbocycles. The van der Waals surface area contributed by atoms with Crippen LogP contribution in [-0.4, -0.2) is 58.4 Å². The Labute approximate surface area is 180 Å². The first-order valence-corrected chi connectivity index (χ1v) is 10.0. The van der Waals surface area contributed by atoms with Gasteiger partial charge in [-0.2, -0.15) is 0 Å². The normalized spacial score (nSPS) is 15.6. The second-order valence-corrected chi connectivity index (χ2v) is 7.25. The Balaban J connectivity index is 1.63. The van der Waals surface area contributed by atoms with E-state index in [0.717, 1.165) is 17.5 Å². The molecule has 2 aromatic heterocycles. The number of aryl methyl sites for hydroxylation is 1. The molecular weight excluding hydrogens is 394 g/mol. The molecule has 2 amide bonds. The van der Waals surface area contributed by atoms with Gasteiger partial charge in [0.1, 0.15) is 12.6 Å². The molecule has 31 heavy (non-hydrogen) atoms. The Hall–Kier alpha value is -3.81. The van der Waals surface area contributed by atoms with Crippen LogP contribution in [0.3, 0.4) is 0 Å². The summed E-state index contributed by atoms with van der Waals surface area (Å²) < 4.78 is 5.78. The molecule has 8 nitrogen and oxygen atoms in total. The summed E-state index contributed by atoms with van der Waals surface area (Å²) >= 11 is 0. The zero-order chi connectivity index (χ0) is 22.0. The van der Waals surface area contributed by atoms with Gasteiger partial charge >= 0.3 is 0 Å². The maximum Gasteiger partial charge on any atom is 0.292 e. The Morgan fingerprint density at radius 3 is 2.71 bits per heavy atom. The van der Waals surface area contributed by atoms with E-state index in [1.807, 2.05) is 37.3 Å². The predicted octanol–water partition coefficient (Wildman–Crippen LogP) is 2.60. The fraction of sp³-hybridized carbons (Fsp3) is 0.261. The average Bonchev–Trinajstić information content (AvgIpc) is 2.95. The topological polar surface area (TPSA) is 88.5 Å². The highest BCUT2D eigenvalue weighted by Crippen LogP contribution is 2.28. The minimum absolute atomic E-state index is 0.0166. The van der Waals surface area contributed by atoms with E-state index in [4.69, 9.17) is 4.74 Å². The molecule has 3 aromatic rings. The number of pyridine rings is 1. The Morgan fingerprint density at radius 2 is 1.97 bits per heavy atom. The summed E-state index contributed by atoms with van der Waals surface area (Å²) in [5, 5.41) is 0. The van der Waals surface area contributed by atoms with E-state index in [9.17, 15) is 9.59 Å². The van der Waals surface area contributed by atoms with Crippen molar-refractivity contribution in [3.63, 3.8) is 0 Å². The Kier molecular flexibility index (Phi) is 5.62. The van der Waals surface area contributed by atoms with Crippen LogP contribution >= 0.6 is 0 Å². The summed E-state index contributed by atoms with van der Waals surface area (Å²) in [6, 6.07) is 12.3. The van der Waals surface area contributed by atoms with Crippen LogP contribution in [0.5, 0.6) is 5.75 Å².